The summed E-state index contributed by atoms with van der Waals surface area (Å²) in [7, 11) is 0. The molecule has 0 fully saturated rings. The van der Waals surface area contributed by atoms with Crippen LogP contribution < -0.4 is 10.6 Å². The van der Waals surface area contributed by atoms with Gasteiger partial charge in [0.2, 0.25) is 0 Å². The molecule has 0 saturated carbocycles. The second kappa shape index (κ2) is 9.74. The molecular weight excluding hydrogens is 372 g/mol. The number of thioether (sulfide) groups is 1. The van der Waals surface area contributed by atoms with Crippen LogP contribution in [0.25, 0.3) is 0 Å². The molecule has 0 aliphatic heterocycles. The lowest BCUT2D eigenvalue weighted by Gasteiger charge is -2.16. The fraction of sp³-hybridized carbons (Fsp3) is 0.227. The first-order chi connectivity index (χ1) is 13.2. The minimum absolute atomic E-state index is 0.0169. The van der Waals surface area contributed by atoms with Crippen molar-refractivity contribution in [2.45, 2.75) is 24.3 Å². The van der Waals surface area contributed by atoms with Gasteiger partial charge in [-0.15, -0.1) is 23.1 Å². The Balaban J connectivity index is 1.70. The highest BCUT2D eigenvalue weighted by Gasteiger charge is 2.20. The van der Waals surface area contributed by atoms with E-state index in [1.807, 2.05) is 30.5 Å². The predicted octanol–water partition coefficient (Wildman–Crippen LogP) is 4.32. The monoisotopic (exact) mass is 397 g/mol. The van der Waals surface area contributed by atoms with Crippen LogP contribution in [0, 0.1) is 0 Å². The number of carbonyl (C=O) groups excluding carboxylic acids is 1. The van der Waals surface area contributed by atoms with Gasteiger partial charge in [0.05, 0.1) is 10.6 Å². The molecule has 3 nitrogen and oxygen atoms in total. The molecule has 0 radical (unpaired) electrons. The number of aryl methyl sites for hydroxylation is 1. The molecule has 0 spiro atoms. The van der Waals surface area contributed by atoms with Gasteiger partial charge < -0.3 is 10.6 Å². The SMILES string of the molecule is CCc1ccc([C@H]([NH2+]CC(=O)Nc2ccccc2SC)c2cccs2)cc1. The zero-order valence-electron chi connectivity index (χ0n) is 15.6. The molecule has 0 aliphatic rings. The Morgan fingerprint density at radius 2 is 1.89 bits per heavy atom. The zero-order chi connectivity index (χ0) is 19.1. The van der Waals surface area contributed by atoms with Crippen molar-refractivity contribution in [3.8, 4) is 0 Å². The molecule has 0 unspecified atom stereocenters. The molecule has 1 aromatic heterocycles. The largest absolute Gasteiger partial charge is 0.328 e. The molecule has 0 aliphatic carbocycles. The number of nitrogens with two attached hydrogens (primary N) is 1. The van der Waals surface area contributed by atoms with Crippen molar-refractivity contribution in [3.05, 3.63) is 82.0 Å². The Morgan fingerprint density at radius 3 is 2.56 bits per heavy atom. The number of quaternary nitrogens is 1. The van der Waals surface area contributed by atoms with Crippen LogP contribution in [0.5, 0.6) is 0 Å². The molecule has 5 heteroatoms. The average molecular weight is 398 g/mol. The van der Waals surface area contributed by atoms with Gasteiger partial charge in [0.15, 0.2) is 6.54 Å². The number of hydrogen-bond donors (Lipinski definition) is 2. The summed E-state index contributed by atoms with van der Waals surface area (Å²) in [6.45, 7) is 2.54. The van der Waals surface area contributed by atoms with Crippen LogP contribution in [0.15, 0.2) is 70.9 Å². The number of anilines is 1. The lowest BCUT2D eigenvalue weighted by Crippen LogP contribution is -2.87. The molecule has 1 amide bonds. The summed E-state index contributed by atoms with van der Waals surface area (Å²) >= 11 is 3.37. The third-order valence-electron chi connectivity index (χ3n) is 4.52. The first kappa shape index (κ1) is 19.7. The molecule has 1 heterocycles. The van der Waals surface area contributed by atoms with Gasteiger partial charge in [0.1, 0.15) is 6.04 Å². The second-order valence-corrected chi connectivity index (χ2v) is 8.10. The van der Waals surface area contributed by atoms with Crippen molar-refractivity contribution in [2.24, 2.45) is 0 Å². The Labute approximate surface area is 169 Å². The van der Waals surface area contributed by atoms with E-state index in [9.17, 15) is 4.79 Å². The number of carbonyl (C=O) groups is 1. The van der Waals surface area contributed by atoms with Gasteiger partial charge >= 0.3 is 0 Å². The van der Waals surface area contributed by atoms with Crippen molar-refractivity contribution < 1.29 is 10.1 Å². The van der Waals surface area contributed by atoms with Crippen LogP contribution in [0.1, 0.15) is 29.0 Å². The zero-order valence-corrected chi connectivity index (χ0v) is 17.3. The van der Waals surface area contributed by atoms with E-state index in [2.05, 4.69) is 59.3 Å². The lowest BCUT2D eigenvalue weighted by molar-refractivity contribution is -0.675. The number of nitrogens with one attached hydrogen (secondary N) is 1. The standard InChI is InChI=1S/C22H24N2OS2/c1-3-16-10-12-17(13-11-16)22(20-9-6-14-27-20)23-15-21(25)24-18-7-4-5-8-19(18)26-2/h4-14,22-23H,3,15H2,1-2H3,(H,24,25)/p+1/t22-/m0/s1. The van der Waals surface area contributed by atoms with E-state index in [1.54, 1.807) is 23.1 Å². The summed E-state index contributed by atoms with van der Waals surface area (Å²) in [5.41, 5.74) is 3.44. The second-order valence-electron chi connectivity index (χ2n) is 6.28. The van der Waals surface area contributed by atoms with Crippen molar-refractivity contribution in [3.63, 3.8) is 0 Å². The minimum atomic E-state index is 0.0169. The van der Waals surface area contributed by atoms with Crippen LogP contribution in [-0.4, -0.2) is 18.7 Å². The molecule has 3 rings (SSSR count). The summed E-state index contributed by atoms with van der Waals surface area (Å²) in [5, 5.41) is 7.25. The smallest absolute Gasteiger partial charge is 0.279 e. The van der Waals surface area contributed by atoms with Crippen molar-refractivity contribution in [1.29, 1.82) is 0 Å². The maximum Gasteiger partial charge on any atom is 0.279 e. The molecule has 0 saturated heterocycles. The van der Waals surface area contributed by atoms with Crippen molar-refractivity contribution in [2.75, 3.05) is 18.1 Å². The first-order valence-corrected chi connectivity index (χ1v) is 11.2. The normalized spacial score (nSPS) is 11.9. The maximum atomic E-state index is 12.5. The van der Waals surface area contributed by atoms with Gasteiger partial charge in [0.25, 0.3) is 5.91 Å². The van der Waals surface area contributed by atoms with Crippen LogP contribution in [0.4, 0.5) is 5.69 Å². The fourth-order valence-corrected chi connectivity index (χ4v) is 4.42. The van der Waals surface area contributed by atoms with Gasteiger partial charge in [-0.25, -0.2) is 0 Å². The first-order valence-electron chi connectivity index (χ1n) is 9.09. The number of thiophene rings is 1. The third-order valence-corrected chi connectivity index (χ3v) is 6.27. The van der Waals surface area contributed by atoms with E-state index >= 15 is 0 Å². The number of para-hydroxylation sites is 1. The van der Waals surface area contributed by atoms with Crippen molar-refractivity contribution in [1.82, 2.24) is 0 Å². The average Bonchev–Trinajstić information content (AvgIpc) is 3.23. The van der Waals surface area contributed by atoms with E-state index in [-0.39, 0.29) is 11.9 Å². The molecular formula is C22H25N2OS2+. The topological polar surface area (TPSA) is 45.7 Å². The Kier molecular flexibility index (Phi) is 7.10. The van der Waals surface area contributed by atoms with Crippen LogP contribution in [-0.2, 0) is 11.2 Å². The van der Waals surface area contributed by atoms with E-state index < -0.39 is 0 Å². The maximum absolute atomic E-state index is 12.5. The molecule has 1 atom stereocenters. The number of benzene rings is 2. The van der Waals surface area contributed by atoms with Crippen LogP contribution in [0.2, 0.25) is 0 Å². The molecule has 0 bridgehead atoms. The van der Waals surface area contributed by atoms with Gasteiger partial charge in [-0.2, -0.15) is 0 Å². The highest BCUT2D eigenvalue weighted by Crippen LogP contribution is 2.25. The van der Waals surface area contributed by atoms with Gasteiger partial charge in [-0.3, -0.25) is 4.79 Å². The Hall–Kier alpha value is -2.08. The van der Waals surface area contributed by atoms with E-state index in [4.69, 9.17) is 0 Å². The highest BCUT2D eigenvalue weighted by molar-refractivity contribution is 7.98. The molecule has 27 heavy (non-hydrogen) atoms. The summed E-state index contributed by atoms with van der Waals surface area (Å²) < 4.78 is 0. The summed E-state index contributed by atoms with van der Waals surface area (Å²) in [4.78, 5) is 14.9. The predicted molar refractivity (Wildman–Crippen MR) is 116 cm³/mol. The van der Waals surface area contributed by atoms with E-state index in [0.717, 1.165) is 17.0 Å². The summed E-state index contributed by atoms with van der Waals surface area (Å²) in [6, 6.07) is 21.0. The third kappa shape index (κ3) is 5.22. The van der Waals surface area contributed by atoms with Gasteiger partial charge in [-0.05, 0) is 41.8 Å². The fourth-order valence-electron chi connectivity index (χ4n) is 3.02. The van der Waals surface area contributed by atoms with Gasteiger partial charge in [0, 0.05) is 10.5 Å². The van der Waals surface area contributed by atoms with Gasteiger partial charge in [-0.1, -0.05) is 49.4 Å². The summed E-state index contributed by atoms with van der Waals surface area (Å²) in [5.74, 6) is 0.0169. The Morgan fingerprint density at radius 1 is 1.11 bits per heavy atom. The minimum Gasteiger partial charge on any atom is -0.328 e. The van der Waals surface area contributed by atoms with Crippen LogP contribution >= 0.6 is 23.1 Å². The molecule has 3 aromatic rings. The number of rotatable bonds is 8. The lowest BCUT2D eigenvalue weighted by atomic mass is 10.0. The molecule has 2 aromatic carbocycles. The van der Waals surface area contributed by atoms with Crippen LogP contribution in [0.3, 0.4) is 0 Å². The quantitative estimate of drug-likeness (QED) is 0.556. The molecule has 140 valence electrons. The molecule has 3 N–H and O–H groups in total. The van der Waals surface area contributed by atoms with Crippen molar-refractivity contribution >= 4 is 34.7 Å². The number of hydrogen-bond acceptors (Lipinski definition) is 3. The number of amides is 1. The highest BCUT2D eigenvalue weighted by atomic mass is 32.2. The summed E-state index contributed by atoms with van der Waals surface area (Å²) in [6.07, 6.45) is 3.05. The Bertz CT molecular complexity index is 860. The van der Waals surface area contributed by atoms with E-state index in [1.165, 1.54) is 16.0 Å². The van der Waals surface area contributed by atoms with E-state index in [0.29, 0.717) is 6.54 Å².